The molecule has 3 nitrogen and oxygen atoms in total. The second kappa shape index (κ2) is 5.59. The summed E-state index contributed by atoms with van der Waals surface area (Å²) in [6.07, 6.45) is 1.88. The molecule has 1 aliphatic rings. The standard InChI is InChI=1S/C13H16BrClN2O/c1-13(4-6-16-7-5-13)17-12(18)10-8-9(15)2-3-11(10)14/h2-3,8,16H,4-7H2,1H3,(H,17,18). The first-order valence-electron chi connectivity index (χ1n) is 5.98. The second-order valence-electron chi connectivity index (χ2n) is 4.89. The summed E-state index contributed by atoms with van der Waals surface area (Å²) in [7, 11) is 0. The predicted molar refractivity (Wildman–Crippen MR) is 77.1 cm³/mol. The molecule has 1 aromatic carbocycles. The van der Waals surface area contributed by atoms with Crippen LogP contribution in [0.5, 0.6) is 0 Å². The fourth-order valence-electron chi connectivity index (χ4n) is 2.12. The summed E-state index contributed by atoms with van der Waals surface area (Å²) in [6.45, 7) is 3.96. The van der Waals surface area contributed by atoms with E-state index in [1.807, 2.05) is 0 Å². The van der Waals surface area contributed by atoms with Crippen LogP contribution in [0.15, 0.2) is 22.7 Å². The number of piperidine rings is 1. The molecule has 98 valence electrons. The number of halogens is 2. The largest absolute Gasteiger partial charge is 0.347 e. The SMILES string of the molecule is CC1(NC(=O)c2cc(Cl)ccc2Br)CCNCC1. The zero-order valence-corrected chi connectivity index (χ0v) is 12.6. The number of hydrogen-bond donors (Lipinski definition) is 2. The molecule has 0 saturated carbocycles. The third-order valence-corrected chi connectivity index (χ3v) is 4.22. The van der Waals surface area contributed by atoms with Gasteiger partial charge in [0.25, 0.3) is 5.91 Å². The summed E-state index contributed by atoms with van der Waals surface area (Å²) in [5, 5.41) is 6.97. The summed E-state index contributed by atoms with van der Waals surface area (Å²) in [5.41, 5.74) is 0.451. The topological polar surface area (TPSA) is 41.1 Å². The van der Waals surface area contributed by atoms with Crippen LogP contribution in [-0.4, -0.2) is 24.5 Å². The fraction of sp³-hybridized carbons (Fsp3) is 0.462. The highest BCUT2D eigenvalue weighted by atomic mass is 79.9. The van der Waals surface area contributed by atoms with Crippen molar-refractivity contribution in [2.24, 2.45) is 0 Å². The molecular formula is C13H16BrClN2O. The van der Waals surface area contributed by atoms with Gasteiger partial charge in [0.2, 0.25) is 0 Å². The Kier molecular flexibility index (Phi) is 4.30. The van der Waals surface area contributed by atoms with E-state index in [2.05, 4.69) is 33.5 Å². The second-order valence-corrected chi connectivity index (χ2v) is 6.18. The van der Waals surface area contributed by atoms with Crippen LogP contribution >= 0.6 is 27.5 Å². The van der Waals surface area contributed by atoms with Crippen LogP contribution in [0.3, 0.4) is 0 Å². The number of carbonyl (C=O) groups is 1. The van der Waals surface area contributed by atoms with Crippen molar-refractivity contribution in [2.75, 3.05) is 13.1 Å². The Labute approximate surface area is 120 Å². The van der Waals surface area contributed by atoms with Crippen LogP contribution in [0.1, 0.15) is 30.1 Å². The van der Waals surface area contributed by atoms with Crippen molar-refractivity contribution < 1.29 is 4.79 Å². The molecule has 0 radical (unpaired) electrons. The van der Waals surface area contributed by atoms with Crippen molar-refractivity contribution in [3.8, 4) is 0 Å². The van der Waals surface area contributed by atoms with Crippen LogP contribution in [0.25, 0.3) is 0 Å². The molecule has 0 unspecified atom stereocenters. The Bertz CT molecular complexity index is 458. The van der Waals surface area contributed by atoms with Gasteiger partial charge in [-0.2, -0.15) is 0 Å². The summed E-state index contributed by atoms with van der Waals surface area (Å²) in [5.74, 6) is -0.0752. The van der Waals surface area contributed by atoms with E-state index in [4.69, 9.17) is 11.6 Å². The smallest absolute Gasteiger partial charge is 0.252 e. The van der Waals surface area contributed by atoms with Crippen molar-refractivity contribution in [1.82, 2.24) is 10.6 Å². The lowest BCUT2D eigenvalue weighted by atomic mass is 9.90. The number of benzene rings is 1. The molecule has 0 bridgehead atoms. The maximum Gasteiger partial charge on any atom is 0.252 e. The first-order chi connectivity index (χ1) is 8.50. The van der Waals surface area contributed by atoms with Gasteiger partial charge in [0.05, 0.1) is 5.56 Å². The lowest BCUT2D eigenvalue weighted by Gasteiger charge is -2.35. The molecular weight excluding hydrogens is 316 g/mol. The summed E-state index contributed by atoms with van der Waals surface area (Å²) < 4.78 is 0.766. The zero-order chi connectivity index (χ0) is 13.2. The lowest BCUT2D eigenvalue weighted by Crippen LogP contribution is -2.52. The highest BCUT2D eigenvalue weighted by Gasteiger charge is 2.29. The third-order valence-electron chi connectivity index (χ3n) is 3.30. The molecule has 1 heterocycles. The molecule has 2 rings (SSSR count). The van der Waals surface area contributed by atoms with Crippen LogP contribution in [0.4, 0.5) is 0 Å². The monoisotopic (exact) mass is 330 g/mol. The Balaban J connectivity index is 2.14. The molecule has 1 amide bonds. The van der Waals surface area contributed by atoms with E-state index in [1.54, 1.807) is 18.2 Å². The summed E-state index contributed by atoms with van der Waals surface area (Å²) >= 11 is 9.31. The van der Waals surface area contributed by atoms with E-state index < -0.39 is 0 Å². The van der Waals surface area contributed by atoms with Crippen LogP contribution in [0.2, 0.25) is 5.02 Å². The van der Waals surface area contributed by atoms with Gasteiger partial charge in [-0.3, -0.25) is 4.79 Å². The Morgan fingerprint density at radius 1 is 1.44 bits per heavy atom. The molecule has 0 atom stereocenters. The maximum atomic E-state index is 12.3. The normalized spacial score (nSPS) is 18.4. The van der Waals surface area contributed by atoms with E-state index in [0.29, 0.717) is 10.6 Å². The van der Waals surface area contributed by atoms with Gasteiger partial charge >= 0.3 is 0 Å². The maximum absolute atomic E-state index is 12.3. The molecule has 0 aromatic heterocycles. The average molecular weight is 332 g/mol. The quantitative estimate of drug-likeness (QED) is 0.875. The van der Waals surface area contributed by atoms with Gasteiger partial charge < -0.3 is 10.6 Å². The molecule has 2 N–H and O–H groups in total. The number of rotatable bonds is 2. The third kappa shape index (κ3) is 3.25. The highest BCUT2D eigenvalue weighted by molar-refractivity contribution is 9.10. The number of nitrogens with one attached hydrogen (secondary N) is 2. The van der Waals surface area contributed by atoms with Gasteiger partial charge in [-0.1, -0.05) is 11.6 Å². The molecule has 0 aliphatic carbocycles. The minimum absolute atomic E-state index is 0.0752. The Morgan fingerprint density at radius 3 is 2.78 bits per heavy atom. The molecule has 1 saturated heterocycles. The average Bonchev–Trinajstić information content (AvgIpc) is 2.32. The van der Waals surface area contributed by atoms with Gasteiger partial charge in [-0.05, 0) is 67.0 Å². The van der Waals surface area contributed by atoms with Gasteiger partial charge in [0.15, 0.2) is 0 Å². The molecule has 18 heavy (non-hydrogen) atoms. The van der Waals surface area contributed by atoms with Crippen molar-refractivity contribution in [3.05, 3.63) is 33.3 Å². The lowest BCUT2D eigenvalue weighted by molar-refractivity contribution is 0.0887. The van der Waals surface area contributed by atoms with E-state index in [-0.39, 0.29) is 11.4 Å². The molecule has 0 spiro atoms. The van der Waals surface area contributed by atoms with Gasteiger partial charge in [-0.25, -0.2) is 0 Å². The predicted octanol–water partition coefficient (Wildman–Crippen LogP) is 2.97. The van der Waals surface area contributed by atoms with Crippen LogP contribution < -0.4 is 10.6 Å². The van der Waals surface area contributed by atoms with Gasteiger partial charge in [0, 0.05) is 15.0 Å². The fourth-order valence-corrected chi connectivity index (χ4v) is 2.72. The minimum atomic E-state index is -0.135. The van der Waals surface area contributed by atoms with E-state index in [1.165, 1.54) is 0 Å². The zero-order valence-electron chi connectivity index (χ0n) is 10.2. The first-order valence-corrected chi connectivity index (χ1v) is 7.16. The van der Waals surface area contributed by atoms with Crippen molar-refractivity contribution in [2.45, 2.75) is 25.3 Å². The molecule has 5 heteroatoms. The minimum Gasteiger partial charge on any atom is -0.347 e. The van der Waals surface area contributed by atoms with Crippen LogP contribution in [0, 0.1) is 0 Å². The number of amides is 1. The van der Waals surface area contributed by atoms with Crippen molar-refractivity contribution >= 4 is 33.4 Å². The van der Waals surface area contributed by atoms with Crippen molar-refractivity contribution in [1.29, 1.82) is 0 Å². The van der Waals surface area contributed by atoms with E-state index >= 15 is 0 Å². The van der Waals surface area contributed by atoms with E-state index in [9.17, 15) is 4.79 Å². The number of hydrogen-bond acceptors (Lipinski definition) is 2. The Hall–Kier alpha value is -0.580. The summed E-state index contributed by atoms with van der Waals surface area (Å²) in [4.78, 5) is 12.3. The van der Waals surface area contributed by atoms with Gasteiger partial charge in [-0.15, -0.1) is 0 Å². The molecule has 1 aromatic rings. The van der Waals surface area contributed by atoms with E-state index in [0.717, 1.165) is 30.4 Å². The molecule has 1 fully saturated rings. The van der Waals surface area contributed by atoms with Gasteiger partial charge in [0.1, 0.15) is 0 Å². The van der Waals surface area contributed by atoms with Crippen molar-refractivity contribution in [3.63, 3.8) is 0 Å². The van der Waals surface area contributed by atoms with Crippen LogP contribution in [-0.2, 0) is 0 Å². The number of carbonyl (C=O) groups excluding carboxylic acids is 1. The summed E-state index contributed by atoms with van der Waals surface area (Å²) in [6, 6.07) is 5.24. The first kappa shape index (κ1) is 13.8. The Morgan fingerprint density at radius 2 is 2.11 bits per heavy atom. The highest BCUT2D eigenvalue weighted by Crippen LogP contribution is 2.23. The molecule has 1 aliphatic heterocycles.